The van der Waals surface area contributed by atoms with Gasteiger partial charge in [0.1, 0.15) is 0 Å². The third kappa shape index (κ3) is 2.06. The molecule has 0 radical (unpaired) electrons. The molecule has 1 heteroatoms. The molecule has 0 amide bonds. The van der Waals surface area contributed by atoms with Crippen molar-refractivity contribution in [3.8, 4) is 5.69 Å². The van der Waals surface area contributed by atoms with Crippen LogP contribution in [0.25, 0.3) is 49.0 Å². The summed E-state index contributed by atoms with van der Waals surface area (Å²) in [6, 6.07) is 37.1. The highest BCUT2D eigenvalue weighted by atomic mass is 15.0. The first-order valence-corrected chi connectivity index (χ1v) is 9.30. The fourth-order valence-electron chi connectivity index (χ4n) is 4.34. The number of benzene rings is 4. The number of nitrogens with zero attached hydrogens (tertiary/aromatic N) is 1. The standard InChI is InChI=1S/C26H17N/c1-2-10-20(11-3-1)27-25-13-7-5-9-19(25)17-24-23-16-18-8-4-6-12-21(18)22(23)14-15-26(24)27/h1-17H. The van der Waals surface area contributed by atoms with E-state index in [0.29, 0.717) is 0 Å². The first kappa shape index (κ1) is 14.6. The van der Waals surface area contributed by atoms with Gasteiger partial charge in [0.15, 0.2) is 0 Å². The zero-order valence-electron chi connectivity index (χ0n) is 14.8. The Hall–Kier alpha value is -3.58. The molecule has 0 spiro atoms. The number of hydrogen-bond acceptors (Lipinski definition) is 0. The van der Waals surface area contributed by atoms with E-state index in [-0.39, 0.29) is 0 Å². The Balaban J connectivity index is 1.87. The second-order valence-corrected chi connectivity index (χ2v) is 7.07. The van der Waals surface area contributed by atoms with Crippen LogP contribution in [-0.4, -0.2) is 4.57 Å². The van der Waals surface area contributed by atoms with Crippen molar-refractivity contribution >= 4 is 43.4 Å². The van der Waals surface area contributed by atoms with Crippen LogP contribution in [0, 0.1) is 0 Å². The summed E-state index contributed by atoms with van der Waals surface area (Å²) in [5.74, 6) is 0. The van der Waals surface area contributed by atoms with Crippen molar-refractivity contribution in [2.45, 2.75) is 0 Å². The summed E-state index contributed by atoms with van der Waals surface area (Å²) in [4.78, 5) is 0. The maximum atomic E-state index is 2.38. The molecule has 1 nitrogen and oxygen atoms in total. The average molecular weight is 343 g/mol. The van der Waals surface area contributed by atoms with E-state index in [4.69, 9.17) is 0 Å². The molecule has 0 aliphatic carbocycles. The predicted molar refractivity (Wildman–Crippen MR) is 116 cm³/mol. The van der Waals surface area contributed by atoms with E-state index in [1.54, 1.807) is 0 Å². The summed E-state index contributed by atoms with van der Waals surface area (Å²) in [6.07, 6.45) is 0. The Morgan fingerprint density at radius 1 is 0.407 bits per heavy atom. The molecule has 27 heavy (non-hydrogen) atoms. The molecule has 0 bridgehead atoms. The largest absolute Gasteiger partial charge is 0.309 e. The summed E-state index contributed by atoms with van der Waals surface area (Å²) < 4.78 is 2.38. The van der Waals surface area contributed by atoms with Crippen molar-refractivity contribution in [2.24, 2.45) is 0 Å². The van der Waals surface area contributed by atoms with E-state index >= 15 is 0 Å². The Kier molecular flexibility index (Phi) is 2.95. The molecule has 126 valence electrons. The van der Waals surface area contributed by atoms with E-state index in [1.807, 2.05) is 0 Å². The highest BCUT2D eigenvalue weighted by molar-refractivity contribution is 6.21. The van der Waals surface area contributed by atoms with Gasteiger partial charge in [-0.15, -0.1) is 0 Å². The Morgan fingerprint density at radius 2 is 1.11 bits per heavy atom. The Bertz CT molecular complexity index is 1460. The van der Waals surface area contributed by atoms with E-state index in [1.165, 1.54) is 49.0 Å². The summed E-state index contributed by atoms with van der Waals surface area (Å²) in [7, 11) is 0. The van der Waals surface area contributed by atoms with Gasteiger partial charge in [-0.05, 0) is 63.3 Å². The smallest absolute Gasteiger partial charge is 0.0540 e. The van der Waals surface area contributed by atoms with Crippen molar-refractivity contribution < 1.29 is 0 Å². The highest BCUT2D eigenvalue weighted by Gasteiger charge is 2.12. The number of hydrogen-bond donors (Lipinski definition) is 0. The van der Waals surface area contributed by atoms with Gasteiger partial charge in [0.2, 0.25) is 0 Å². The second kappa shape index (κ2) is 5.46. The molecule has 0 fully saturated rings. The normalized spacial score (nSPS) is 11.7. The number of pyridine rings is 1. The quantitative estimate of drug-likeness (QED) is 0.281. The summed E-state index contributed by atoms with van der Waals surface area (Å²) >= 11 is 0. The third-order valence-corrected chi connectivity index (χ3v) is 5.55. The predicted octanol–water partition coefficient (Wildman–Crippen LogP) is 7.09. The fraction of sp³-hybridized carbons (Fsp3) is 0. The molecule has 6 rings (SSSR count). The monoisotopic (exact) mass is 343 g/mol. The minimum Gasteiger partial charge on any atom is -0.309 e. The highest BCUT2D eigenvalue weighted by Crippen LogP contribution is 2.36. The zero-order valence-corrected chi connectivity index (χ0v) is 14.8. The van der Waals surface area contributed by atoms with Gasteiger partial charge in [0, 0.05) is 11.1 Å². The minimum atomic E-state index is 1.19. The van der Waals surface area contributed by atoms with E-state index in [9.17, 15) is 0 Å². The Labute approximate surface area is 157 Å². The van der Waals surface area contributed by atoms with Crippen LogP contribution in [0.15, 0.2) is 103 Å². The third-order valence-electron chi connectivity index (χ3n) is 5.55. The van der Waals surface area contributed by atoms with Crippen LogP contribution in [0.5, 0.6) is 0 Å². The topological polar surface area (TPSA) is 4.93 Å². The van der Waals surface area contributed by atoms with Crippen molar-refractivity contribution in [1.29, 1.82) is 0 Å². The Morgan fingerprint density at radius 3 is 2.00 bits per heavy atom. The van der Waals surface area contributed by atoms with Crippen molar-refractivity contribution in [2.75, 3.05) is 0 Å². The molecule has 0 N–H and O–H groups in total. The lowest BCUT2D eigenvalue weighted by Crippen LogP contribution is -1.99. The van der Waals surface area contributed by atoms with Crippen LogP contribution in [-0.2, 0) is 0 Å². The first-order valence-electron chi connectivity index (χ1n) is 9.30. The molecule has 6 aromatic rings. The van der Waals surface area contributed by atoms with Crippen molar-refractivity contribution in [1.82, 2.24) is 4.57 Å². The molecule has 0 aliphatic rings. The molecule has 0 saturated carbocycles. The summed E-state index contributed by atoms with van der Waals surface area (Å²) in [5.41, 5.74) is 3.66. The number of fused-ring (bicyclic) bond motifs is 6. The van der Waals surface area contributed by atoms with Gasteiger partial charge in [-0.3, -0.25) is 0 Å². The van der Waals surface area contributed by atoms with Crippen LogP contribution in [0.3, 0.4) is 0 Å². The van der Waals surface area contributed by atoms with Crippen LogP contribution in [0.1, 0.15) is 0 Å². The zero-order chi connectivity index (χ0) is 17.8. The number of para-hydroxylation sites is 2. The van der Waals surface area contributed by atoms with Gasteiger partial charge >= 0.3 is 0 Å². The lowest BCUT2D eigenvalue weighted by molar-refractivity contribution is 1.17. The van der Waals surface area contributed by atoms with Gasteiger partial charge in [-0.2, -0.15) is 0 Å². The van der Waals surface area contributed by atoms with Crippen LogP contribution >= 0.6 is 0 Å². The van der Waals surface area contributed by atoms with Crippen LogP contribution in [0.4, 0.5) is 0 Å². The van der Waals surface area contributed by atoms with Gasteiger partial charge in [-0.25, -0.2) is 0 Å². The molecular formula is C26H17N. The van der Waals surface area contributed by atoms with E-state index < -0.39 is 0 Å². The second-order valence-electron chi connectivity index (χ2n) is 7.07. The molecule has 1 aromatic heterocycles. The van der Waals surface area contributed by atoms with Crippen LogP contribution < -0.4 is 0 Å². The fourth-order valence-corrected chi connectivity index (χ4v) is 4.34. The van der Waals surface area contributed by atoms with E-state index in [2.05, 4.69) is 108 Å². The van der Waals surface area contributed by atoms with Crippen molar-refractivity contribution in [3.63, 3.8) is 0 Å². The number of aromatic nitrogens is 1. The average Bonchev–Trinajstić information content (AvgIpc) is 3.12. The van der Waals surface area contributed by atoms with Gasteiger partial charge in [0.05, 0.1) is 11.0 Å². The van der Waals surface area contributed by atoms with Crippen molar-refractivity contribution in [3.05, 3.63) is 103 Å². The molecule has 0 aliphatic heterocycles. The first-order chi connectivity index (χ1) is 13.4. The van der Waals surface area contributed by atoms with E-state index in [0.717, 1.165) is 0 Å². The molecule has 0 atom stereocenters. The summed E-state index contributed by atoms with van der Waals surface area (Å²) in [5, 5.41) is 7.84. The number of rotatable bonds is 1. The maximum Gasteiger partial charge on any atom is 0.0540 e. The lowest BCUT2D eigenvalue weighted by Gasteiger charge is -2.16. The van der Waals surface area contributed by atoms with Gasteiger partial charge in [0.25, 0.3) is 0 Å². The molecule has 0 saturated heterocycles. The SMILES string of the molecule is c1ccc(-n2c3ccccc3cc3c4cc5ccccc5c4ccc32)cc1. The maximum absolute atomic E-state index is 2.38. The summed E-state index contributed by atoms with van der Waals surface area (Å²) in [6.45, 7) is 0. The van der Waals surface area contributed by atoms with Gasteiger partial charge < -0.3 is 4.57 Å². The van der Waals surface area contributed by atoms with Crippen LogP contribution in [0.2, 0.25) is 0 Å². The molecule has 5 aromatic carbocycles. The minimum absolute atomic E-state index is 1.19. The lowest BCUT2D eigenvalue weighted by atomic mass is 10.0. The molecular weight excluding hydrogens is 326 g/mol. The molecule has 1 heterocycles. The van der Waals surface area contributed by atoms with Gasteiger partial charge in [-0.1, -0.05) is 66.7 Å². The molecule has 0 unspecified atom stereocenters.